The number of aliphatic carboxylic acids is 1. The van der Waals surface area contributed by atoms with Crippen molar-refractivity contribution in [3.8, 4) is 0 Å². The lowest BCUT2D eigenvalue weighted by Crippen LogP contribution is -2.13. The summed E-state index contributed by atoms with van der Waals surface area (Å²) in [5.74, 6) is -2.54. The molecule has 0 saturated carbocycles. The molecule has 0 heterocycles. The maximum absolute atomic E-state index is 10.1. The van der Waals surface area contributed by atoms with Crippen molar-refractivity contribution in [1.29, 1.82) is 0 Å². The fourth-order valence-corrected chi connectivity index (χ4v) is 0.376. The minimum absolute atomic E-state index is 0.672. The lowest BCUT2D eigenvalue weighted by atomic mass is 10.5. The molecule has 4 nitrogen and oxygen atoms in total. The largest absolute Gasteiger partial charge is 0.477 e. The average molecular weight is 184 g/mol. The second-order valence-corrected chi connectivity index (χ2v) is 2.05. The van der Waals surface area contributed by atoms with E-state index >= 15 is 0 Å². The van der Waals surface area contributed by atoms with Gasteiger partial charge < -0.3 is 10.8 Å². The molecule has 0 spiro atoms. The zero-order valence-electron chi connectivity index (χ0n) is 4.60. The van der Waals surface area contributed by atoms with E-state index in [0.29, 0.717) is 0 Å². The van der Waals surface area contributed by atoms with Crippen LogP contribution >= 0.6 is 23.2 Å². The van der Waals surface area contributed by atoms with Gasteiger partial charge in [-0.3, -0.25) is 4.79 Å². The molecule has 10 heavy (non-hydrogen) atoms. The van der Waals surface area contributed by atoms with E-state index in [1.165, 1.54) is 0 Å². The SMILES string of the molecule is NC(=O)C(Cl)=C(Cl)C(=O)O. The molecule has 0 aromatic rings. The Labute approximate surface area is 66.2 Å². The molecule has 0 saturated heterocycles. The zero-order valence-corrected chi connectivity index (χ0v) is 6.11. The van der Waals surface area contributed by atoms with Crippen LogP contribution in [-0.4, -0.2) is 17.0 Å². The van der Waals surface area contributed by atoms with Crippen molar-refractivity contribution in [2.24, 2.45) is 5.73 Å². The van der Waals surface area contributed by atoms with E-state index in [1.54, 1.807) is 0 Å². The van der Waals surface area contributed by atoms with Gasteiger partial charge in [-0.15, -0.1) is 0 Å². The monoisotopic (exact) mass is 183 g/mol. The molecule has 0 aromatic heterocycles. The van der Waals surface area contributed by atoms with Crippen molar-refractivity contribution < 1.29 is 14.7 Å². The highest BCUT2D eigenvalue weighted by molar-refractivity contribution is 6.53. The van der Waals surface area contributed by atoms with Crippen molar-refractivity contribution >= 4 is 35.1 Å². The van der Waals surface area contributed by atoms with Gasteiger partial charge in [-0.1, -0.05) is 23.2 Å². The van der Waals surface area contributed by atoms with E-state index in [2.05, 4.69) is 5.73 Å². The molecule has 0 bridgehead atoms. The topological polar surface area (TPSA) is 80.4 Å². The van der Waals surface area contributed by atoms with E-state index < -0.39 is 21.9 Å². The van der Waals surface area contributed by atoms with E-state index in [0.717, 1.165) is 0 Å². The van der Waals surface area contributed by atoms with E-state index in [-0.39, 0.29) is 0 Å². The predicted octanol–water partition coefficient (Wildman–Crippen LogP) is 0.246. The Morgan fingerprint density at radius 1 is 1.20 bits per heavy atom. The first kappa shape index (κ1) is 9.26. The van der Waals surface area contributed by atoms with Crippen LogP contribution in [0.3, 0.4) is 0 Å². The summed E-state index contributed by atoms with van der Waals surface area (Å²) in [6.45, 7) is 0. The summed E-state index contributed by atoms with van der Waals surface area (Å²) in [4.78, 5) is 20.1. The van der Waals surface area contributed by atoms with Gasteiger partial charge in [0.2, 0.25) is 0 Å². The summed E-state index contributed by atoms with van der Waals surface area (Å²) in [6.07, 6.45) is 0. The first-order chi connectivity index (χ1) is 4.46. The third-order valence-corrected chi connectivity index (χ3v) is 1.42. The highest BCUT2D eigenvalue weighted by Crippen LogP contribution is 2.12. The predicted molar refractivity (Wildman–Crippen MR) is 35.6 cm³/mol. The Hall–Kier alpha value is -0.740. The van der Waals surface area contributed by atoms with Crippen molar-refractivity contribution in [3.63, 3.8) is 0 Å². The maximum Gasteiger partial charge on any atom is 0.349 e. The number of carbonyl (C=O) groups excluding carboxylic acids is 1. The summed E-state index contributed by atoms with van der Waals surface area (Å²) in [6, 6.07) is 0. The number of amides is 1. The molecule has 6 heteroatoms. The standard InChI is InChI=1S/C4H3Cl2NO3/c5-1(3(7)8)2(6)4(9)10/h(H2,7,8)(H,9,10). The van der Waals surface area contributed by atoms with Crippen LogP contribution in [0, 0.1) is 0 Å². The molecule has 1 amide bonds. The second-order valence-electron chi connectivity index (χ2n) is 1.30. The van der Waals surface area contributed by atoms with Gasteiger partial charge in [0, 0.05) is 0 Å². The smallest absolute Gasteiger partial charge is 0.349 e. The molecule has 3 N–H and O–H groups in total. The van der Waals surface area contributed by atoms with Gasteiger partial charge in [-0.2, -0.15) is 0 Å². The minimum Gasteiger partial charge on any atom is -0.477 e. The highest BCUT2D eigenvalue weighted by Gasteiger charge is 2.13. The zero-order chi connectivity index (χ0) is 8.31. The van der Waals surface area contributed by atoms with Crippen LogP contribution in [0.5, 0.6) is 0 Å². The van der Waals surface area contributed by atoms with Crippen LogP contribution in [-0.2, 0) is 9.59 Å². The van der Waals surface area contributed by atoms with Crippen molar-refractivity contribution in [1.82, 2.24) is 0 Å². The van der Waals surface area contributed by atoms with Crippen LogP contribution in [0.15, 0.2) is 10.1 Å². The maximum atomic E-state index is 10.1. The molecule has 56 valence electrons. The van der Waals surface area contributed by atoms with Gasteiger partial charge >= 0.3 is 5.97 Å². The molecule has 0 aliphatic heterocycles. The number of carboxylic acids is 1. The first-order valence-corrected chi connectivity index (χ1v) is 2.80. The number of halogens is 2. The number of hydrogen-bond acceptors (Lipinski definition) is 2. The van der Waals surface area contributed by atoms with Gasteiger partial charge in [0.15, 0.2) is 0 Å². The third kappa shape index (κ3) is 2.24. The molecule has 0 rings (SSSR count). The summed E-state index contributed by atoms with van der Waals surface area (Å²) >= 11 is 10.1. The number of primary amides is 1. The Morgan fingerprint density at radius 2 is 1.60 bits per heavy atom. The molecule has 0 fully saturated rings. The van der Waals surface area contributed by atoms with E-state index in [9.17, 15) is 9.59 Å². The quantitative estimate of drug-likeness (QED) is 0.603. The van der Waals surface area contributed by atoms with Gasteiger partial charge in [0.1, 0.15) is 10.1 Å². The summed E-state index contributed by atoms with van der Waals surface area (Å²) < 4.78 is 0. The van der Waals surface area contributed by atoms with Crippen LogP contribution in [0.4, 0.5) is 0 Å². The van der Waals surface area contributed by atoms with E-state index in [1.807, 2.05) is 0 Å². The van der Waals surface area contributed by atoms with Gasteiger partial charge in [0.25, 0.3) is 5.91 Å². The van der Waals surface area contributed by atoms with Crippen LogP contribution in [0.1, 0.15) is 0 Å². The molecule has 0 aliphatic carbocycles. The molecule has 0 unspecified atom stereocenters. The number of rotatable bonds is 2. The lowest BCUT2D eigenvalue weighted by molar-refractivity contribution is -0.132. The minimum atomic E-state index is -1.48. The summed E-state index contributed by atoms with van der Waals surface area (Å²) in [5, 5.41) is 6.68. The van der Waals surface area contributed by atoms with E-state index in [4.69, 9.17) is 28.3 Å². The lowest BCUT2D eigenvalue weighted by Gasteiger charge is -1.91. The van der Waals surface area contributed by atoms with Crippen molar-refractivity contribution in [3.05, 3.63) is 10.1 Å². The highest BCUT2D eigenvalue weighted by atomic mass is 35.5. The summed E-state index contributed by atoms with van der Waals surface area (Å²) in [7, 11) is 0. The average Bonchev–Trinajstić information content (AvgIpc) is 1.84. The summed E-state index contributed by atoms with van der Waals surface area (Å²) in [5.41, 5.74) is 4.60. The molecule has 0 radical (unpaired) electrons. The third-order valence-electron chi connectivity index (χ3n) is 0.597. The Morgan fingerprint density at radius 3 is 1.70 bits per heavy atom. The van der Waals surface area contributed by atoms with Gasteiger partial charge in [0.05, 0.1) is 0 Å². The Balaban J connectivity index is 4.67. The van der Waals surface area contributed by atoms with Gasteiger partial charge in [-0.05, 0) is 0 Å². The molecular formula is C4H3Cl2NO3. The fraction of sp³-hybridized carbons (Fsp3) is 0. The van der Waals surface area contributed by atoms with Crippen LogP contribution < -0.4 is 5.73 Å². The van der Waals surface area contributed by atoms with Crippen LogP contribution in [0.2, 0.25) is 0 Å². The molecular weight excluding hydrogens is 181 g/mol. The first-order valence-electron chi connectivity index (χ1n) is 2.05. The molecule has 0 aromatic carbocycles. The van der Waals surface area contributed by atoms with Gasteiger partial charge in [-0.25, -0.2) is 4.79 Å². The second kappa shape index (κ2) is 3.43. The fourth-order valence-electron chi connectivity index (χ4n) is 0.202. The van der Waals surface area contributed by atoms with Crippen molar-refractivity contribution in [2.75, 3.05) is 0 Å². The molecule has 0 atom stereocenters. The Bertz CT molecular complexity index is 189. The number of hydrogen-bond donors (Lipinski definition) is 2. The molecule has 0 aliphatic rings. The normalized spacial score (nSPS) is 12.2. The van der Waals surface area contributed by atoms with Crippen LogP contribution in [0.25, 0.3) is 0 Å². The number of nitrogens with two attached hydrogens (primary N) is 1. The number of carbonyl (C=O) groups is 2. The van der Waals surface area contributed by atoms with Crippen molar-refractivity contribution in [2.45, 2.75) is 0 Å². The Kier molecular flexibility index (Phi) is 3.18. The number of carboxylic acid groups (broad SMARTS) is 1.